The van der Waals surface area contributed by atoms with Crippen LogP contribution in [0.2, 0.25) is 5.02 Å². The summed E-state index contributed by atoms with van der Waals surface area (Å²) in [6.45, 7) is 6.48. The summed E-state index contributed by atoms with van der Waals surface area (Å²) in [6, 6.07) is 23.2. The molecule has 5 aromatic rings. The van der Waals surface area contributed by atoms with Gasteiger partial charge >= 0.3 is 5.97 Å². The van der Waals surface area contributed by atoms with Crippen LogP contribution in [0.3, 0.4) is 0 Å². The quantitative estimate of drug-likeness (QED) is 0.239. The zero-order chi connectivity index (χ0) is 28.7. The number of thiazole rings is 1. The van der Waals surface area contributed by atoms with E-state index >= 15 is 0 Å². The Morgan fingerprint density at radius 3 is 2.51 bits per heavy atom. The van der Waals surface area contributed by atoms with Crippen LogP contribution in [0, 0.1) is 6.92 Å². The van der Waals surface area contributed by atoms with E-state index in [9.17, 15) is 9.59 Å². The van der Waals surface area contributed by atoms with Crippen molar-refractivity contribution in [2.75, 3.05) is 6.61 Å². The molecule has 1 aliphatic rings. The molecule has 6 nitrogen and oxygen atoms in total. The molecule has 0 N–H and O–H groups in total. The third-order valence-electron chi connectivity index (χ3n) is 7.28. The number of carbonyl (C=O) groups excluding carboxylic acids is 1. The first-order valence-corrected chi connectivity index (χ1v) is 14.6. The number of ether oxygens (including phenoxy) is 1. The van der Waals surface area contributed by atoms with Crippen molar-refractivity contribution in [3.63, 3.8) is 0 Å². The number of aryl methyl sites for hydroxylation is 1. The smallest absolute Gasteiger partial charge is 0.338 e. The van der Waals surface area contributed by atoms with Crippen LogP contribution in [0.5, 0.6) is 0 Å². The fraction of sp³-hybridized carbons (Fsp3) is 0.182. The third kappa shape index (κ3) is 5.07. The lowest BCUT2D eigenvalue weighted by molar-refractivity contribution is -0.139. The highest BCUT2D eigenvalue weighted by Crippen LogP contribution is 2.31. The number of allylic oxidation sites excluding steroid dienone is 1. The van der Waals surface area contributed by atoms with Crippen LogP contribution < -0.4 is 14.9 Å². The van der Waals surface area contributed by atoms with Gasteiger partial charge in [-0.3, -0.25) is 9.36 Å². The lowest BCUT2D eigenvalue weighted by Gasteiger charge is -2.24. The number of halogens is 1. The van der Waals surface area contributed by atoms with Gasteiger partial charge in [0, 0.05) is 34.2 Å². The van der Waals surface area contributed by atoms with E-state index in [1.807, 2.05) is 73.7 Å². The topological polar surface area (TPSA) is 65.6 Å². The molecule has 41 heavy (non-hydrogen) atoms. The summed E-state index contributed by atoms with van der Waals surface area (Å²) in [6.07, 6.45) is 4.00. The van der Waals surface area contributed by atoms with Crippen molar-refractivity contribution in [2.24, 2.45) is 4.99 Å². The molecule has 0 aliphatic carbocycles. The van der Waals surface area contributed by atoms with Crippen molar-refractivity contribution >= 4 is 45.9 Å². The van der Waals surface area contributed by atoms with Crippen molar-refractivity contribution < 1.29 is 9.53 Å². The van der Waals surface area contributed by atoms with Crippen LogP contribution in [-0.4, -0.2) is 21.7 Å². The van der Waals surface area contributed by atoms with Gasteiger partial charge in [-0.2, -0.15) is 0 Å². The maximum Gasteiger partial charge on any atom is 0.338 e. The van der Waals surface area contributed by atoms with Gasteiger partial charge in [-0.05, 0) is 56.2 Å². The standard InChI is InChI=1S/C33H28ClN3O3S/c1-4-40-32(39)29-21(3)35-33-37(30(29)23-13-9-20(2)10-14-23)31(38)28(41-33)17-24-19-36(27-8-6-5-7-26(24)27)18-22-11-15-25(34)16-12-22/h5-17,19,30H,4,18H2,1-3H3/b28-17-/t30-/m1/s1. The Labute approximate surface area is 246 Å². The summed E-state index contributed by atoms with van der Waals surface area (Å²) in [5.41, 5.74) is 5.81. The highest BCUT2D eigenvalue weighted by Gasteiger charge is 2.33. The van der Waals surface area contributed by atoms with Gasteiger partial charge in [-0.1, -0.05) is 83.1 Å². The van der Waals surface area contributed by atoms with E-state index in [1.165, 1.54) is 11.3 Å². The summed E-state index contributed by atoms with van der Waals surface area (Å²) in [4.78, 5) is 32.4. The molecule has 0 bridgehead atoms. The van der Waals surface area contributed by atoms with Crippen molar-refractivity contribution in [2.45, 2.75) is 33.4 Å². The molecular formula is C33H28ClN3O3S. The second-order valence-corrected chi connectivity index (χ2v) is 11.5. The number of hydrogen-bond acceptors (Lipinski definition) is 5. The molecule has 8 heteroatoms. The van der Waals surface area contributed by atoms with Crippen LogP contribution in [0.4, 0.5) is 0 Å². The largest absolute Gasteiger partial charge is 0.463 e. The lowest BCUT2D eigenvalue weighted by atomic mass is 9.95. The maximum atomic E-state index is 14.1. The molecule has 0 amide bonds. The van der Waals surface area contributed by atoms with Crippen LogP contribution >= 0.6 is 22.9 Å². The zero-order valence-electron chi connectivity index (χ0n) is 22.9. The number of fused-ring (bicyclic) bond motifs is 2. The van der Waals surface area contributed by atoms with Gasteiger partial charge in [0.15, 0.2) is 4.80 Å². The second-order valence-electron chi connectivity index (χ2n) is 10.1. The molecule has 0 saturated heterocycles. The fourth-order valence-corrected chi connectivity index (χ4v) is 6.47. The minimum atomic E-state index is -0.626. The third-order valence-corrected chi connectivity index (χ3v) is 8.52. The molecule has 0 fully saturated rings. The minimum absolute atomic E-state index is 0.192. The van der Waals surface area contributed by atoms with Crippen LogP contribution in [0.1, 0.15) is 42.1 Å². The van der Waals surface area contributed by atoms with E-state index in [-0.39, 0.29) is 12.2 Å². The normalized spacial score (nSPS) is 15.2. The molecule has 2 aromatic heterocycles. The van der Waals surface area contributed by atoms with Crippen molar-refractivity contribution in [3.05, 3.63) is 137 Å². The zero-order valence-corrected chi connectivity index (χ0v) is 24.5. The first kappa shape index (κ1) is 27.0. The Morgan fingerprint density at radius 2 is 1.78 bits per heavy atom. The minimum Gasteiger partial charge on any atom is -0.463 e. The lowest BCUT2D eigenvalue weighted by Crippen LogP contribution is -2.39. The summed E-state index contributed by atoms with van der Waals surface area (Å²) in [5, 5.41) is 1.75. The predicted molar refractivity (Wildman–Crippen MR) is 164 cm³/mol. The van der Waals surface area contributed by atoms with Gasteiger partial charge < -0.3 is 9.30 Å². The van der Waals surface area contributed by atoms with Crippen LogP contribution in [-0.2, 0) is 16.1 Å². The molecule has 6 rings (SSSR count). The second kappa shape index (κ2) is 11.0. The van der Waals surface area contributed by atoms with Gasteiger partial charge in [0.1, 0.15) is 0 Å². The number of para-hydroxylation sites is 1. The summed E-state index contributed by atoms with van der Waals surface area (Å²) >= 11 is 7.42. The maximum absolute atomic E-state index is 14.1. The van der Waals surface area contributed by atoms with Gasteiger partial charge in [-0.15, -0.1) is 0 Å². The summed E-state index contributed by atoms with van der Waals surface area (Å²) in [5.74, 6) is -0.459. The molecule has 3 aromatic carbocycles. The van der Waals surface area contributed by atoms with Crippen molar-refractivity contribution in [3.8, 4) is 0 Å². The van der Waals surface area contributed by atoms with E-state index in [0.29, 0.717) is 32.2 Å². The summed E-state index contributed by atoms with van der Waals surface area (Å²) < 4.78 is 9.77. The van der Waals surface area contributed by atoms with E-state index in [1.54, 1.807) is 18.4 Å². The molecule has 0 spiro atoms. The molecule has 206 valence electrons. The first-order valence-electron chi connectivity index (χ1n) is 13.4. The van der Waals surface area contributed by atoms with Gasteiger partial charge in [-0.25, -0.2) is 9.79 Å². The van der Waals surface area contributed by atoms with Crippen molar-refractivity contribution in [1.82, 2.24) is 9.13 Å². The Morgan fingerprint density at radius 1 is 1.05 bits per heavy atom. The Hall–Kier alpha value is -4.20. The SMILES string of the molecule is CCOC(=O)C1=C(C)N=c2s/c(=C\c3cn(Cc4ccc(Cl)cc4)c4ccccc34)c(=O)n2[C@@H]1c1ccc(C)cc1. The van der Waals surface area contributed by atoms with E-state index < -0.39 is 12.0 Å². The van der Waals surface area contributed by atoms with Gasteiger partial charge in [0.05, 0.1) is 28.5 Å². The first-order chi connectivity index (χ1) is 19.8. The Kier molecular flexibility index (Phi) is 7.24. The number of nitrogens with zero attached hydrogens (tertiary/aromatic N) is 3. The average Bonchev–Trinajstić information content (AvgIpc) is 3.46. The fourth-order valence-electron chi connectivity index (χ4n) is 5.30. The summed E-state index contributed by atoms with van der Waals surface area (Å²) in [7, 11) is 0. The number of benzene rings is 3. The molecule has 0 unspecified atom stereocenters. The molecule has 3 heterocycles. The van der Waals surface area contributed by atoms with E-state index in [2.05, 4.69) is 22.9 Å². The highest BCUT2D eigenvalue weighted by atomic mass is 35.5. The molecule has 0 radical (unpaired) electrons. The van der Waals surface area contributed by atoms with E-state index in [0.717, 1.165) is 33.2 Å². The highest BCUT2D eigenvalue weighted by molar-refractivity contribution is 7.07. The number of carbonyl (C=O) groups is 1. The predicted octanol–water partition coefficient (Wildman–Crippen LogP) is 5.76. The number of rotatable bonds is 6. The number of hydrogen-bond donors (Lipinski definition) is 0. The van der Waals surface area contributed by atoms with Gasteiger partial charge in [0.2, 0.25) is 0 Å². The monoisotopic (exact) mass is 581 g/mol. The number of esters is 1. The molecule has 1 aliphatic heterocycles. The average molecular weight is 582 g/mol. The number of aromatic nitrogens is 2. The Bertz CT molecular complexity index is 2000. The van der Waals surface area contributed by atoms with Gasteiger partial charge in [0.25, 0.3) is 5.56 Å². The van der Waals surface area contributed by atoms with E-state index in [4.69, 9.17) is 21.3 Å². The molecule has 0 saturated carbocycles. The molecular weight excluding hydrogens is 554 g/mol. The Balaban J connectivity index is 1.51. The van der Waals surface area contributed by atoms with Crippen molar-refractivity contribution in [1.29, 1.82) is 0 Å². The van der Waals surface area contributed by atoms with Crippen LogP contribution in [0.25, 0.3) is 17.0 Å². The molecule has 1 atom stereocenters. The van der Waals surface area contributed by atoms with Crippen LogP contribution in [0.15, 0.2) is 100 Å².